The summed E-state index contributed by atoms with van der Waals surface area (Å²) >= 11 is 12.1. The van der Waals surface area contributed by atoms with Gasteiger partial charge in [-0.05, 0) is 34.1 Å². The summed E-state index contributed by atoms with van der Waals surface area (Å²) in [5, 5.41) is 2.75. The molecule has 0 aliphatic carbocycles. The SMILES string of the molecule is O=C(CCCl)Nc1ccc(Br)cc1Br. The van der Waals surface area contributed by atoms with E-state index in [0.29, 0.717) is 12.3 Å². The molecule has 1 aromatic carbocycles. The number of carbonyl (C=O) groups is 1. The number of halogens is 3. The second kappa shape index (κ2) is 5.73. The van der Waals surface area contributed by atoms with Gasteiger partial charge in [0, 0.05) is 21.2 Å². The van der Waals surface area contributed by atoms with Crippen LogP contribution in [0, 0.1) is 0 Å². The van der Waals surface area contributed by atoms with Gasteiger partial charge < -0.3 is 5.32 Å². The van der Waals surface area contributed by atoms with Gasteiger partial charge in [-0.3, -0.25) is 4.79 Å². The Bertz CT molecular complexity index is 344. The summed E-state index contributed by atoms with van der Waals surface area (Å²) in [6.07, 6.45) is 0.323. The number of nitrogens with one attached hydrogen (secondary N) is 1. The van der Waals surface area contributed by atoms with Crippen molar-refractivity contribution < 1.29 is 4.79 Å². The highest BCUT2D eigenvalue weighted by molar-refractivity contribution is 9.11. The van der Waals surface area contributed by atoms with Crippen LogP contribution >= 0.6 is 43.5 Å². The van der Waals surface area contributed by atoms with Crippen molar-refractivity contribution in [1.82, 2.24) is 0 Å². The Hall–Kier alpha value is -0.0600. The Balaban J connectivity index is 2.72. The highest BCUT2D eigenvalue weighted by atomic mass is 79.9. The first kappa shape index (κ1) is 12.0. The number of rotatable bonds is 3. The lowest BCUT2D eigenvalue weighted by molar-refractivity contribution is -0.115. The molecule has 1 N–H and O–H groups in total. The molecule has 0 spiro atoms. The van der Waals surface area contributed by atoms with Crippen molar-refractivity contribution >= 4 is 55.1 Å². The smallest absolute Gasteiger partial charge is 0.225 e. The molecular weight excluding hydrogens is 333 g/mol. The Labute approximate surface area is 104 Å². The molecule has 1 amide bonds. The van der Waals surface area contributed by atoms with Crippen molar-refractivity contribution in [1.29, 1.82) is 0 Å². The van der Waals surface area contributed by atoms with Gasteiger partial charge in [-0.1, -0.05) is 15.9 Å². The highest BCUT2D eigenvalue weighted by Gasteiger charge is 2.04. The molecule has 0 saturated heterocycles. The molecule has 0 radical (unpaired) electrons. The molecule has 0 heterocycles. The average molecular weight is 341 g/mol. The van der Waals surface area contributed by atoms with Crippen LogP contribution in [0.3, 0.4) is 0 Å². The maximum Gasteiger partial charge on any atom is 0.225 e. The predicted molar refractivity (Wildman–Crippen MR) is 65.8 cm³/mol. The van der Waals surface area contributed by atoms with Crippen molar-refractivity contribution in [3.63, 3.8) is 0 Å². The molecule has 76 valence electrons. The zero-order valence-electron chi connectivity index (χ0n) is 7.19. The molecule has 5 heteroatoms. The van der Waals surface area contributed by atoms with Crippen molar-refractivity contribution in [3.8, 4) is 0 Å². The number of hydrogen-bond acceptors (Lipinski definition) is 1. The number of anilines is 1. The van der Waals surface area contributed by atoms with Crippen LogP contribution in [0.5, 0.6) is 0 Å². The molecule has 0 aromatic heterocycles. The van der Waals surface area contributed by atoms with Crippen molar-refractivity contribution in [2.24, 2.45) is 0 Å². The Kier molecular flexibility index (Phi) is 4.92. The van der Waals surface area contributed by atoms with E-state index < -0.39 is 0 Å². The van der Waals surface area contributed by atoms with Crippen LogP contribution in [0.4, 0.5) is 5.69 Å². The number of hydrogen-bond donors (Lipinski definition) is 1. The van der Waals surface area contributed by atoms with E-state index in [4.69, 9.17) is 11.6 Å². The summed E-state index contributed by atoms with van der Waals surface area (Å²) in [6, 6.07) is 5.55. The Morgan fingerprint density at radius 3 is 2.71 bits per heavy atom. The Morgan fingerprint density at radius 2 is 2.14 bits per heavy atom. The van der Waals surface area contributed by atoms with Crippen LogP contribution < -0.4 is 5.32 Å². The zero-order chi connectivity index (χ0) is 10.6. The van der Waals surface area contributed by atoms with Crippen LogP contribution in [0.1, 0.15) is 6.42 Å². The third-order valence-corrected chi connectivity index (χ3v) is 2.87. The fourth-order valence-corrected chi connectivity index (χ4v) is 2.21. The summed E-state index contributed by atoms with van der Waals surface area (Å²) in [5.74, 6) is 0.253. The molecule has 0 fully saturated rings. The summed E-state index contributed by atoms with van der Waals surface area (Å²) in [6.45, 7) is 0. The van der Waals surface area contributed by atoms with Gasteiger partial charge in [0.1, 0.15) is 0 Å². The first-order valence-corrected chi connectivity index (χ1v) is 6.06. The van der Waals surface area contributed by atoms with Crippen LogP contribution in [0.2, 0.25) is 0 Å². The average Bonchev–Trinajstić information content (AvgIpc) is 2.10. The van der Waals surface area contributed by atoms with Crippen LogP contribution in [-0.2, 0) is 4.79 Å². The minimum atomic E-state index is -0.0805. The molecule has 2 nitrogen and oxygen atoms in total. The van der Waals surface area contributed by atoms with Crippen molar-refractivity contribution in [2.75, 3.05) is 11.2 Å². The molecule has 0 aliphatic heterocycles. The van der Waals surface area contributed by atoms with Crippen molar-refractivity contribution in [2.45, 2.75) is 6.42 Å². The van der Waals surface area contributed by atoms with Crippen molar-refractivity contribution in [3.05, 3.63) is 27.1 Å². The van der Waals surface area contributed by atoms with Gasteiger partial charge in [-0.15, -0.1) is 11.6 Å². The standard InChI is InChI=1S/C9H8Br2ClNO/c10-6-1-2-8(7(11)5-6)13-9(14)3-4-12/h1-2,5H,3-4H2,(H,13,14). The van der Waals surface area contributed by atoms with Crippen LogP contribution in [-0.4, -0.2) is 11.8 Å². The van der Waals surface area contributed by atoms with Gasteiger partial charge in [0.2, 0.25) is 5.91 Å². The summed E-state index contributed by atoms with van der Waals surface area (Å²) in [7, 11) is 0. The largest absolute Gasteiger partial charge is 0.325 e. The third kappa shape index (κ3) is 3.59. The van der Waals surface area contributed by atoms with E-state index in [1.54, 1.807) is 0 Å². The molecule has 0 unspecified atom stereocenters. The lowest BCUT2D eigenvalue weighted by Crippen LogP contribution is -2.11. The fraction of sp³-hybridized carbons (Fsp3) is 0.222. The lowest BCUT2D eigenvalue weighted by Gasteiger charge is -2.06. The quantitative estimate of drug-likeness (QED) is 0.833. The third-order valence-electron chi connectivity index (χ3n) is 1.53. The predicted octanol–water partition coefficient (Wildman–Crippen LogP) is 3.78. The maximum absolute atomic E-state index is 11.2. The minimum Gasteiger partial charge on any atom is -0.325 e. The molecule has 0 bridgehead atoms. The number of benzene rings is 1. The van der Waals surface area contributed by atoms with E-state index in [1.807, 2.05) is 18.2 Å². The van der Waals surface area contributed by atoms with E-state index in [9.17, 15) is 4.79 Å². The molecule has 1 aromatic rings. The number of carbonyl (C=O) groups excluding carboxylic acids is 1. The van der Waals surface area contributed by atoms with Gasteiger partial charge >= 0.3 is 0 Å². The topological polar surface area (TPSA) is 29.1 Å². The molecule has 14 heavy (non-hydrogen) atoms. The zero-order valence-corrected chi connectivity index (χ0v) is 11.1. The number of alkyl halides is 1. The van der Waals surface area contributed by atoms with E-state index in [2.05, 4.69) is 37.2 Å². The molecular formula is C9H8Br2ClNO. The van der Waals surface area contributed by atoms with Gasteiger partial charge in [0.05, 0.1) is 5.69 Å². The summed E-state index contributed by atoms with van der Waals surface area (Å²) in [4.78, 5) is 11.2. The normalized spacial score (nSPS) is 9.93. The van der Waals surface area contributed by atoms with Gasteiger partial charge in [0.15, 0.2) is 0 Å². The highest BCUT2D eigenvalue weighted by Crippen LogP contribution is 2.26. The molecule has 0 atom stereocenters. The molecule has 1 rings (SSSR count). The molecule has 0 saturated carbocycles. The Morgan fingerprint density at radius 1 is 1.43 bits per heavy atom. The van der Waals surface area contributed by atoms with E-state index in [-0.39, 0.29) is 5.91 Å². The van der Waals surface area contributed by atoms with E-state index in [0.717, 1.165) is 14.6 Å². The molecule has 0 aliphatic rings. The van der Waals surface area contributed by atoms with Crippen LogP contribution in [0.15, 0.2) is 27.1 Å². The van der Waals surface area contributed by atoms with E-state index in [1.165, 1.54) is 0 Å². The second-order valence-electron chi connectivity index (χ2n) is 2.61. The van der Waals surface area contributed by atoms with E-state index >= 15 is 0 Å². The fourth-order valence-electron chi connectivity index (χ4n) is 0.889. The van der Waals surface area contributed by atoms with Gasteiger partial charge in [0.25, 0.3) is 0 Å². The van der Waals surface area contributed by atoms with Crippen LogP contribution in [0.25, 0.3) is 0 Å². The van der Waals surface area contributed by atoms with Gasteiger partial charge in [-0.25, -0.2) is 0 Å². The maximum atomic E-state index is 11.2. The lowest BCUT2D eigenvalue weighted by atomic mass is 10.3. The monoisotopic (exact) mass is 339 g/mol. The summed E-state index contributed by atoms with van der Waals surface area (Å²) < 4.78 is 1.80. The minimum absolute atomic E-state index is 0.0805. The summed E-state index contributed by atoms with van der Waals surface area (Å²) in [5.41, 5.74) is 0.753. The van der Waals surface area contributed by atoms with Gasteiger partial charge in [-0.2, -0.15) is 0 Å². The first-order valence-electron chi connectivity index (χ1n) is 3.94. The first-order chi connectivity index (χ1) is 6.63. The second-order valence-corrected chi connectivity index (χ2v) is 4.76. The number of amides is 1.